The van der Waals surface area contributed by atoms with Crippen LogP contribution in [0.1, 0.15) is 32.8 Å². The van der Waals surface area contributed by atoms with Crippen molar-refractivity contribution in [1.82, 2.24) is 5.32 Å². The summed E-state index contributed by atoms with van der Waals surface area (Å²) in [6, 6.07) is 13.1. The Morgan fingerprint density at radius 1 is 1.06 bits per heavy atom. The molecule has 1 amide bonds. The average molecular weight is 449 g/mol. The van der Waals surface area contributed by atoms with E-state index < -0.39 is 16.1 Å². The van der Waals surface area contributed by atoms with Crippen LogP contribution < -0.4 is 19.1 Å². The zero-order chi connectivity index (χ0) is 23.0. The Morgan fingerprint density at radius 2 is 1.71 bits per heavy atom. The summed E-state index contributed by atoms with van der Waals surface area (Å²) < 4.78 is 37.5. The molecule has 31 heavy (non-hydrogen) atoms. The van der Waals surface area contributed by atoms with Crippen molar-refractivity contribution in [2.45, 2.75) is 46.2 Å². The molecule has 170 valence electrons. The van der Waals surface area contributed by atoms with Crippen molar-refractivity contribution in [3.63, 3.8) is 0 Å². The molecule has 0 aromatic heterocycles. The third-order valence-corrected chi connectivity index (χ3v) is 5.88. The molecule has 0 heterocycles. The first-order chi connectivity index (χ1) is 14.7. The zero-order valence-electron chi connectivity index (χ0n) is 18.8. The van der Waals surface area contributed by atoms with E-state index in [2.05, 4.69) is 5.32 Å². The number of amides is 1. The minimum atomic E-state index is -3.70. The van der Waals surface area contributed by atoms with Crippen LogP contribution in [0.25, 0.3) is 0 Å². The average Bonchev–Trinajstić information content (AvgIpc) is 2.71. The van der Waals surface area contributed by atoms with Crippen molar-refractivity contribution in [3.05, 3.63) is 54.1 Å². The van der Waals surface area contributed by atoms with Gasteiger partial charge in [0.05, 0.1) is 24.6 Å². The van der Waals surface area contributed by atoms with E-state index in [0.717, 1.165) is 21.9 Å². The lowest BCUT2D eigenvalue weighted by atomic mass is 10.1. The Hall–Kier alpha value is -2.74. The molecule has 0 aliphatic rings. The Morgan fingerprint density at radius 3 is 2.26 bits per heavy atom. The second kappa shape index (κ2) is 11.0. The molecule has 7 nitrogen and oxygen atoms in total. The number of nitrogens with zero attached hydrogens (tertiary/aromatic N) is 1. The maximum absolute atomic E-state index is 13.0. The highest BCUT2D eigenvalue weighted by Gasteiger charge is 2.32. The van der Waals surface area contributed by atoms with Crippen LogP contribution in [0.15, 0.2) is 48.5 Å². The summed E-state index contributed by atoms with van der Waals surface area (Å²) in [5.41, 5.74) is 1.42. The van der Waals surface area contributed by atoms with Crippen LogP contribution in [0.5, 0.6) is 11.5 Å². The van der Waals surface area contributed by atoms with Gasteiger partial charge in [0, 0.05) is 0 Å². The molecule has 0 unspecified atom stereocenters. The second-order valence-electron chi connectivity index (χ2n) is 7.40. The molecule has 0 radical (unpaired) electrons. The minimum absolute atomic E-state index is 0.273. The summed E-state index contributed by atoms with van der Waals surface area (Å²) in [7, 11) is -3.70. The van der Waals surface area contributed by atoms with Crippen molar-refractivity contribution in [2.75, 3.05) is 23.8 Å². The van der Waals surface area contributed by atoms with E-state index in [4.69, 9.17) is 9.47 Å². The third kappa shape index (κ3) is 6.89. The first-order valence-corrected chi connectivity index (χ1v) is 12.2. The van der Waals surface area contributed by atoms with E-state index in [1.54, 1.807) is 31.2 Å². The molecule has 8 heteroatoms. The van der Waals surface area contributed by atoms with Crippen LogP contribution in [0.2, 0.25) is 0 Å². The summed E-state index contributed by atoms with van der Waals surface area (Å²) in [4.78, 5) is 13.0. The number of anilines is 1. The van der Waals surface area contributed by atoms with Gasteiger partial charge in [0.1, 0.15) is 24.1 Å². The molecule has 0 saturated carbocycles. The predicted molar refractivity (Wildman–Crippen MR) is 123 cm³/mol. The zero-order valence-corrected chi connectivity index (χ0v) is 19.6. The van der Waals surface area contributed by atoms with E-state index >= 15 is 0 Å². The third-order valence-electron chi connectivity index (χ3n) is 4.70. The number of hydrogen-bond acceptors (Lipinski definition) is 5. The molecule has 2 aromatic carbocycles. The summed E-state index contributed by atoms with van der Waals surface area (Å²) in [6.45, 7) is 8.22. The molecule has 2 rings (SSSR count). The van der Waals surface area contributed by atoms with Gasteiger partial charge in [-0.15, -0.1) is 0 Å². The highest BCUT2D eigenvalue weighted by Crippen LogP contribution is 2.25. The fraction of sp³-hybridized carbons (Fsp3) is 0.435. The second-order valence-corrected chi connectivity index (χ2v) is 9.26. The number of carbonyl (C=O) groups is 1. The number of nitrogens with one attached hydrogen (secondary N) is 1. The van der Waals surface area contributed by atoms with Gasteiger partial charge >= 0.3 is 0 Å². The van der Waals surface area contributed by atoms with Crippen LogP contribution in [0, 0.1) is 6.92 Å². The van der Waals surface area contributed by atoms with Gasteiger partial charge in [-0.1, -0.05) is 25.1 Å². The molecule has 0 saturated heterocycles. The van der Waals surface area contributed by atoms with Crippen LogP contribution in [0.4, 0.5) is 5.69 Å². The van der Waals surface area contributed by atoms with Gasteiger partial charge < -0.3 is 14.8 Å². The smallest absolute Gasteiger partial charge is 0.244 e. The lowest BCUT2D eigenvalue weighted by Gasteiger charge is -2.31. The maximum Gasteiger partial charge on any atom is 0.244 e. The first kappa shape index (κ1) is 24.5. The number of carbonyl (C=O) groups excluding carboxylic acids is 1. The van der Waals surface area contributed by atoms with Crippen molar-refractivity contribution in [1.29, 1.82) is 0 Å². The van der Waals surface area contributed by atoms with Gasteiger partial charge in [0.2, 0.25) is 15.9 Å². The Kier molecular flexibility index (Phi) is 8.74. The number of benzene rings is 2. The van der Waals surface area contributed by atoms with E-state index in [1.807, 2.05) is 45.0 Å². The molecular formula is C23H32N2O5S. The monoisotopic (exact) mass is 448 g/mol. The predicted octanol–water partition coefficient (Wildman–Crippen LogP) is 3.52. The Bertz CT molecular complexity index is 960. The topological polar surface area (TPSA) is 84.9 Å². The molecule has 0 spiro atoms. The van der Waals surface area contributed by atoms with Gasteiger partial charge in [-0.2, -0.15) is 0 Å². The Balaban J connectivity index is 2.13. The lowest BCUT2D eigenvalue weighted by Crippen LogP contribution is -2.52. The van der Waals surface area contributed by atoms with Gasteiger partial charge in [-0.3, -0.25) is 9.10 Å². The van der Waals surface area contributed by atoms with E-state index in [0.29, 0.717) is 24.5 Å². The van der Waals surface area contributed by atoms with Gasteiger partial charge in [0.15, 0.2) is 0 Å². The maximum atomic E-state index is 13.0. The normalized spacial score (nSPS) is 13.2. The molecule has 0 aliphatic carbocycles. The quantitative estimate of drug-likeness (QED) is 0.569. The number of rotatable bonds is 11. The van der Waals surface area contributed by atoms with Crippen LogP contribution in [0.3, 0.4) is 0 Å². The van der Waals surface area contributed by atoms with Crippen molar-refractivity contribution in [2.24, 2.45) is 0 Å². The highest BCUT2D eigenvalue weighted by atomic mass is 32.2. The number of sulfonamides is 1. The molecule has 2 aromatic rings. The van der Waals surface area contributed by atoms with Gasteiger partial charge in [-0.25, -0.2) is 8.42 Å². The number of hydrogen-bond donors (Lipinski definition) is 1. The van der Waals surface area contributed by atoms with Gasteiger partial charge in [0.25, 0.3) is 0 Å². The number of ether oxygens (including phenoxy) is 2. The largest absolute Gasteiger partial charge is 0.494 e. The van der Waals surface area contributed by atoms with E-state index in [-0.39, 0.29) is 18.6 Å². The summed E-state index contributed by atoms with van der Waals surface area (Å²) in [5, 5.41) is 2.88. The van der Waals surface area contributed by atoms with Crippen LogP contribution in [-0.4, -0.2) is 45.9 Å². The summed E-state index contributed by atoms with van der Waals surface area (Å²) in [6.07, 6.45) is 1.42. The number of aryl methyl sites for hydroxylation is 1. The molecule has 0 bridgehead atoms. The van der Waals surface area contributed by atoms with Crippen LogP contribution in [-0.2, 0) is 14.8 Å². The number of para-hydroxylation sites is 1. The highest BCUT2D eigenvalue weighted by molar-refractivity contribution is 7.92. The first-order valence-electron chi connectivity index (χ1n) is 10.4. The fourth-order valence-electron chi connectivity index (χ4n) is 3.23. The molecule has 2 atom stereocenters. The molecule has 0 fully saturated rings. The summed E-state index contributed by atoms with van der Waals surface area (Å²) >= 11 is 0. The van der Waals surface area contributed by atoms with Crippen molar-refractivity contribution >= 4 is 21.6 Å². The molecular weight excluding hydrogens is 416 g/mol. The molecule has 1 N–H and O–H groups in total. The fourth-order valence-corrected chi connectivity index (χ4v) is 4.44. The SMILES string of the molecule is CCOc1ccc(N([C@H](CC)C(=O)N[C@@H](C)COc2ccccc2C)S(C)(=O)=O)cc1. The minimum Gasteiger partial charge on any atom is -0.494 e. The van der Waals surface area contributed by atoms with Crippen LogP contribution >= 0.6 is 0 Å². The molecule has 0 aliphatic heterocycles. The van der Waals surface area contributed by atoms with E-state index in [1.165, 1.54) is 0 Å². The summed E-state index contributed by atoms with van der Waals surface area (Å²) in [5.74, 6) is 1.02. The van der Waals surface area contributed by atoms with Gasteiger partial charge in [-0.05, 0) is 63.1 Å². The standard InChI is InChI=1S/C23H32N2O5S/c1-6-21(23(26)24-18(4)16-30-22-11-9-8-10-17(22)3)25(31(5,27)28)19-12-14-20(15-13-19)29-7-2/h8-15,18,21H,6-7,16H2,1-5H3,(H,24,26)/t18-,21+/m0/s1. The van der Waals surface area contributed by atoms with Crippen molar-refractivity contribution in [3.8, 4) is 11.5 Å². The lowest BCUT2D eigenvalue weighted by molar-refractivity contribution is -0.123. The van der Waals surface area contributed by atoms with Crippen molar-refractivity contribution < 1.29 is 22.7 Å². The van der Waals surface area contributed by atoms with E-state index in [9.17, 15) is 13.2 Å². The Labute approximate surface area is 185 Å².